The topological polar surface area (TPSA) is 118 Å². The smallest absolute Gasteiger partial charge is 0.410 e. The third kappa shape index (κ3) is 3.97. The van der Waals surface area contributed by atoms with Gasteiger partial charge in [-0.2, -0.15) is 5.26 Å². The summed E-state index contributed by atoms with van der Waals surface area (Å²) in [4.78, 5) is 27.3. The number of amides is 1. The maximum atomic E-state index is 12.6. The molecule has 3 rings (SSSR count). The molecule has 1 aliphatic heterocycles. The number of nitriles is 1. The number of ether oxygens (including phenoxy) is 1. The van der Waals surface area contributed by atoms with Crippen LogP contribution >= 0.6 is 0 Å². The van der Waals surface area contributed by atoms with Crippen LogP contribution in [-0.4, -0.2) is 38.1 Å². The number of rotatable bonds is 2. The number of carbonyl (C=O) groups is 1. The summed E-state index contributed by atoms with van der Waals surface area (Å²) >= 11 is 0. The van der Waals surface area contributed by atoms with E-state index in [9.17, 15) is 10.1 Å². The van der Waals surface area contributed by atoms with Crippen LogP contribution in [0.15, 0.2) is 24.4 Å². The number of hydrogen-bond donors (Lipinski definition) is 1. The van der Waals surface area contributed by atoms with Crippen LogP contribution in [0.25, 0.3) is 11.5 Å². The number of pyridine rings is 1. The van der Waals surface area contributed by atoms with Crippen LogP contribution in [0.2, 0.25) is 0 Å². The van der Waals surface area contributed by atoms with Crippen molar-refractivity contribution in [3.05, 3.63) is 35.7 Å². The summed E-state index contributed by atoms with van der Waals surface area (Å²) in [5.41, 5.74) is 6.60. The van der Waals surface area contributed by atoms with Gasteiger partial charge in [0.2, 0.25) is 0 Å². The molecule has 2 aromatic rings. The molecular formula is C19H22N6O2. The molecule has 0 aromatic carbocycles. The lowest BCUT2D eigenvalue weighted by molar-refractivity contribution is 0.0221. The van der Waals surface area contributed by atoms with Gasteiger partial charge < -0.3 is 10.5 Å². The van der Waals surface area contributed by atoms with Gasteiger partial charge in [0, 0.05) is 12.7 Å². The van der Waals surface area contributed by atoms with Crippen molar-refractivity contribution >= 4 is 11.9 Å². The molecule has 1 amide bonds. The molecule has 1 unspecified atom stereocenters. The highest BCUT2D eigenvalue weighted by atomic mass is 16.6. The quantitative estimate of drug-likeness (QED) is 0.867. The minimum absolute atomic E-state index is 0.0826. The van der Waals surface area contributed by atoms with E-state index >= 15 is 0 Å². The number of anilines is 1. The second kappa shape index (κ2) is 7.19. The highest BCUT2D eigenvalue weighted by molar-refractivity contribution is 5.70. The molecule has 1 atom stereocenters. The number of hydrogen-bond acceptors (Lipinski definition) is 7. The molecule has 2 N–H and O–H groups in total. The van der Waals surface area contributed by atoms with Gasteiger partial charge in [-0.15, -0.1) is 0 Å². The second-order valence-electron chi connectivity index (χ2n) is 7.35. The first-order valence-corrected chi connectivity index (χ1v) is 8.78. The average Bonchev–Trinajstić information content (AvgIpc) is 3.10. The summed E-state index contributed by atoms with van der Waals surface area (Å²) < 4.78 is 5.51. The zero-order valence-corrected chi connectivity index (χ0v) is 15.6. The van der Waals surface area contributed by atoms with Crippen molar-refractivity contribution in [1.29, 1.82) is 5.26 Å². The van der Waals surface area contributed by atoms with Crippen molar-refractivity contribution in [2.24, 2.45) is 0 Å². The summed E-state index contributed by atoms with van der Waals surface area (Å²) in [6, 6.07) is 7.07. The fourth-order valence-corrected chi connectivity index (χ4v) is 3.05. The molecular weight excluding hydrogens is 344 g/mol. The second-order valence-corrected chi connectivity index (χ2v) is 7.35. The van der Waals surface area contributed by atoms with Crippen LogP contribution in [0.4, 0.5) is 10.6 Å². The lowest BCUT2D eigenvalue weighted by atomic mass is 10.1. The Labute approximate surface area is 158 Å². The Bertz CT molecular complexity index is 886. The van der Waals surface area contributed by atoms with Crippen molar-refractivity contribution in [3.63, 3.8) is 0 Å². The molecule has 8 heteroatoms. The highest BCUT2D eigenvalue weighted by Crippen LogP contribution is 2.35. The number of likely N-dealkylation sites (tertiary alicyclic amines) is 1. The van der Waals surface area contributed by atoms with Gasteiger partial charge in [-0.1, -0.05) is 6.07 Å². The Kier molecular flexibility index (Phi) is 4.95. The number of aromatic nitrogens is 3. The van der Waals surface area contributed by atoms with Crippen molar-refractivity contribution in [3.8, 4) is 17.6 Å². The van der Waals surface area contributed by atoms with Gasteiger partial charge in [-0.3, -0.25) is 9.88 Å². The number of nitrogens with zero attached hydrogens (tertiary/aromatic N) is 5. The molecule has 140 valence electrons. The first-order chi connectivity index (χ1) is 12.8. The van der Waals surface area contributed by atoms with Crippen molar-refractivity contribution in [2.45, 2.75) is 45.3 Å². The predicted molar refractivity (Wildman–Crippen MR) is 99.3 cm³/mol. The van der Waals surface area contributed by atoms with E-state index in [1.807, 2.05) is 26.8 Å². The van der Waals surface area contributed by atoms with Gasteiger partial charge >= 0.3 is 6.09 Å². The Morgan fingerprint density at radius 1 is 1.37 bits per heavy atom. The molecule has 0 bridgehead atoms. The molecule has 1 fully saturated rings. The molecule has 1 saturated heterocycles. The summed E-state index contributed by atoms with van der Waals surface area (Å²) in [5.74, 6) is 0.414. The fraction of sp³-hybridized carbons (Fsp3) is 0.421. The highest BCUT2D eigenvalue weighted by Gasteiger charge is 2.36. The summed E-state index contributed by atoms with van der Waals surface area (Å²) in [7, 11) is 0. The van der Waals surface area contributed by atoms with Crippen molar-refractivity contribution in [2.75, 3.05) is 12.3 Å². The van der Waals surface area contributed by atoms with Crippen LogP contribution in [0.1, 0.15) is 50.9 Å². The van der Waals surface area contributed by atoms with E-state index < -0.39 is 11.7 Å². The van der Waals surface area contributed by atoms with Gasteiger partial charge in [0.15, 0.2) is 5.82 Å². The third-order valence-electron chi connectivity index (χ3n) is 4.17. The molecule has 2 aromatic heterocycles. The fourth-order valence-electron chi connectivity index (χ4n) is 3.05. The van der Waals surface area contributed by atoms with Crippen LogP contribution in [-0.2, 0) is 4.74 Å². The normalized spacial score (nSPS) is 16.8. The van der Waals surface area contributed by atoms with Gasteiger partial charge in [0.25, 0.3) is 0 Å². The van der Waals surface area contributed by atoms with Gasteiger partial charge in [-0.05, 0) is 45.7 Å². The zero-order chi connectivity index (χ0) is 19.6. The average molecular weight is 366 g/mol. The van der Waals surface area contributed by atoms with E-state index in [0.717, 1.165) is 6.42 Å². The molecule has 0 aliphatic carbocycles. The molecule has 3 heterocycles. The maximum absolute atomic E-state index is 12.6. The zero-order valence-electron chi connectivity index (χ0n) is 15.6. The predicted octanol–water partition coefficient (Wildman–Crippen LogP) is 3.06. The molecule has 1 aliphatic rings. The lowest BCUT2D eigenvalue weighted by Gasteiger charge is -2.28. The Balaban J connectivity index is 2.03. The SMILES string of the molecule is CC(C)(C)OC(=O)N1CCCC1c1nc(-c2ccccn2)nc(N)c1C#N. The summed E-state index contributed by atoms with van der Waals surface area (Å²) in [6.07, 6.45) is 2.67. The van der Waals surface area contributed by atoms with Crippen molar-refractivity contribution in [1.82, 2.24) is 19.9 Å². The van der Waals surface area contributed by atoms with Gasteiger partial charge in [0.1, 0.15) is 28.7 Å². The third-order valence-corrected chi connectivity index (χ3v) is 4.17. The van der Waals surface area contributed by atoms with Crippen LogP contribution in [0.3, 0.4) is 0 Å². The van der Waals surface area contributed by atoms with E-state index in [0.29, 0.717) is 30.2 Å². The van der Waals surface area contributed by atoms with Crippen LogP contribution < -0.4 is 5.73 Å². The number of carbonyl (C=O) groups excluding carboxylic acids is 1. The molecule has 27 heavy (non-hydrogen) atoms. The first kappa shape index (κ1) is 18.6. The van der Waals surface area contributed by atoms with E-state index in [4.69, 9.17) is 10.5 Å². The van der Waals surface area contributed by atoms with E-state index in [-0.39, 0.29) is 17.4 Å². The lowest BCUT2D eigenvalue weighted by Crippen LogP contribution is -2.37. The van der Waals surface area contributed by atoms with Crippen LogP contribution in [0, 0.1) is 11.3 Å². The standard InChI is InChI=1S/C19H22N6O2/c1-19(2,3)27-18(26)25-10-6-8-14(25)15-12(11-20)16(21)24-17(23-15)13-7-4-5-9-22-13/h4-5,7,9,14H,6,8,10H2,1-3H3,(H2,21,23,24). The first-order valence-electron chi connectivity index (χ1n) is 8.78. The Hall–Kier alpha value is -3.21. The molecule has 0 spiro atoms. The number of nitrogens with two attached hydrogens (primary N) is 1. The Morgan fingerprint density at radius 3 is 2.78 bits per heavy atom. The monoisotopic (exact) mass is 366 g/mol. The van der Waals surface area contributed by atoms with Gasteiger partial charge in [-0.25, -0.2) is 14.8 Å². The summed E-state index contributed by atoms with van der Waals surface area (Å²) in [5, 5.41) is 9.57. The minimum Gasteiger partial charge on any atom is -0.444 e. The Morgan fingerprint density at radius 2 is 2.15 bits per heavy atom. The number of nitrogen functional groups attached to an aromatic ring is 1. The molecule has 0 saturated carbocycles. The molecule has 0 radical (unpaired) electrons. The summed E-state index contributed by atoms with van der Waals surface area (Å²) in [6.45, 7) is 5.99. The molecule has 8 nitrogen and oxygen atoms in total. The van der Waals surface area contributed by atoms with E-state index in [1.54, 1.807) is 23.2 Å². The van der Waals surface area contributed by atoms with Gasteiger partial charge in [0.05, 0.1) is 11.7 Å². The van der Waals surface area contributed by atoms with Crippen LogP contribution in [0.5, 0.6) is 0 Å². The minimum atomic E-state index is -0.605. The van der Waals surface area contributed by atoms with Crippen molar-refractivity contribution < 1.29 is 9.53 Å². The van der Waals surface area contributed by atoms with E-state index in [1.165, 1.54) is 0 Å². The largest absolute Gasteiger partial charge is 0.444 e. The maximum Gasteiger partial charge on any atom is 0.410 e. The van der Waals surface area contributed by atoms with E-state index in [2.05, 4.69) is 21.0 Å².